The molecule has 1 aliphatic carbocycles. The molecule has 22 heavy (non-hydrogen) atoms. The second-order valence-electron chi connectivity index (χ2n) is 7.75. The maximum Gasteiger partial charge on any atom is 0.196 e. The third-order valence-electron chi connectivity index (χ3n) is 5.22. The lowest BCUT2D eigenvalue weighted by molar-refractivity contribution is 0.103. The molecule has 0 bridgehead atoms. The molecule has 0 radical (unpaired) electrons. The largest absolute Gasteiger partial charge is 0.469 e. The molecular formula is C20H24O2. The lowest BCUT2D eigenvalue weighted by Gasteiger charge is -2.42. The molecule has 0 amide bonds. The minimum atomic E-state index is 0.0493. The number of ketones is 1. The number of fused-ring (bicyclic) bond motifs is 1. The van der Waals surface area contributed by atoms with Crippen molar-refractivity contribution in [2.75, 3.05) is 0 Å². The van der Waals surface area contributed by atoms with Gasteiger partial charge in [-0.05, 0) is 53.9 Å². The molecule has 116 valence electrons. The molecule has 0 unspecified atom stereocenters. The molecule has 1 aromatic carbocycles. The van der Waals surface area contributed by atoms with Crippen LogP contribution >= 0.6 is 0 Å². The van der Waals surface area contributed by atoms with Crippen LogP contribution in [0.15, 0.2) is 34.9 Å². The SMILES string of the molecule is Cc1occc1C(=O)c1ccc2c(c1)C(C)(C)CCC2(C)C. The third kappa shape index (κ3) is 2.31. The summed E-state index contributed by atoms with van der Waals surface area (Å²) in [5, 5.41) is 0. The highest BCUT2D eigenvalue weighted by molar-refractivity contribution is 6.09. The van der Waals surface area contributed by atoms with Crippen LogP contribution in [-0.4, -0.2) is 5.78 Å². The van der Waals surface area contributed by atoms with Crippen molar-refractivity contribution in [2.45, 2.75) is 58.3 Å². The van der Waals surface area contributed by atoms with Gasteiger partial charge in [-0.1, -0.05) is 39.8 Å². The molecule has 0 spiro atoms. The lowest BCUT2D eigenvalue weighted by atomic mass is 9.63. The van der Waals surface area contributed by atoms with Crippen molar-refractivity contribution in [1.82, 2.24) is 0 Å². The zero-order valence-corrected chi connectivity index (χ0v) is 14.1. The van der Waals surface area contributed by atoms with Gasteiger partial charge < -0.3 is 4.42 Å². The molecule has 0 saturated carbocycles. The summed E-state index contributed by atoms with van der Waals surface area (Å²) in [7, 11) is 0. The van der Waals surface area contributed by atoms with Crippen LogP contribution in [0.1, 0.15) is 73.3 Å². The van der Waals surface area contributed by atoms with Gasteiger partial charge in [0.05, 0.1) is 11.8 Å². The molecular weight excluding hydrogens is 272 g/mol. The molecule has 0 fully saturated rings. The van der Waals surface area contributed by atoms with Crippen molar-refractivity contribution < 1.29 is 9.21 Å². The fourth-order valence-corrected chi connectivity index (χ4v) is 3.51. The maximum absolute atomic E-state index is 12.7. The lowest BCUT2D eigenvalue weighted by Crippen LogP contribution is -2.34. The first-order valence-electron chi connectivity index (χ1n) is 7.96. The van der Waals surface area contributed by atoms with E-state index in [1.807, 2.05) is 13.0 Å². The monoisotopic (exact) mass is 296 g/mol. The average molecular weight is 296 g/mol. The number of carbonyl (C=O) groups is 1. The summed E-state index contributed by atoms with van der Waals surface area (Å²) in [6.45, 7) is 11.0. The molecule has 3 rings (SSSR count). The van der Waals surface area contributed by atoms with E-state index in [1.54, 1.807) is 12.3 Å². The molecule has 0 atom stereocenters. The van der Waals surface area contributed by atoms with Gasteiger partial charge in [-0.25, -0.2) is 0 Å². The predicted octanol–water partition coefficient (Wildman–Crippen LogP) is 5.17. The predicted molar refractivity (Wildman–Crippen MR) is 88.6 cm³/mol. The molecule has 0 aliphatic heterocycles. The van der Waals surface area contributed by atoms with Crippen LogP contribution < -0.4 is 0 Å². The average Bonchev–Trinajstić information content (AvgIpc) is 2.89. The van der Waals surface area contributed by atoms with E-state index in [2.05, 4.69) is 39.8 Å². The minimum absolute atomic E-state index is 0.0493. The van der Waals surface area contributed by atoms with Crippen molar-refractivity contribution >= 4 is 5.78 Å². The molecule has 1 aliphatic rings. The Morgan fingerprint density at radius 3 is 2.23 bits per heavy atom. The normalized spacial score (nSPS) is 18.8. The summed E-state index contributed by atoms with van der Waals surface area (Å²) >= 11 is 0. The number of furan rings is 1. The molecule has 2 heteroatoms. The van der Waals surface area contributed by atoms with Gasteiger partial charge in [0.2, 0.25) is 0 Å². The molecule has 1 heterocycles. The first-order valence-corrected chi connectivity index (χ1v) is 7.96. The third-order valence-corrected chi connectivity index (χ3v) is 5.22. The highest BCUT2D eigenvalue weighted by Gasteiger charge is 2.37. The second kappa shape index (κ2) is 4.84. The molecule has 2 aromatic rings. The number of carbonyl (C=O) groups excluding carboxylic acids is 1. The van der Waals surface area contributed by atoms with E-state index in [-0.39, 0.29) is 16.6 Å². The zero-order chi connectivity index (χ0) is 16.1. The van der Waals surface area contributed by atoms with Gasteiger partial charge in [-0.2, -0.15) is 0 Å². The Hall–Kier alpha value is -1.83. The van der Waals surface area contributed by atoms with Gasteiger partial charge in [-0.3, -0.25) is 4.79 Å². The van der Waals surface area contributed by atoms with Gasteiger partial charge in [0.25, 0.3) is 0 Å². The van der Waals surface area contributed by atoms with Gasteiger partial charge in [0, 0.05) is 5.56 Å². The van der Waals surface area contributed by atoms with Crippen molar-refractivity contribution in [3.8, 4) is 0 Å². The molecule has 0 saturated heterocycles. The molecule has 1 aromatic heterocycles. The number of hydrogen-bond acceptors (Lipinski definition) is 2. The van der Waals surface area contributed by atoms with E-state index in [9.17, 15) is 4.79 Å². The van der Waals surface area contributed by atoms with Gasteiger partial charge in [0.15, 0.2) is 5.78 Å². The van der Waals surface area contributed by atoms with Crippen LogP contribution in [0.2, 0.25) is 0 Å². The van der Waals surface area contributed by atoms with E-state index >= 15 is 0 Å². The van der Waals surface area contributed by atoms with Gasteiger partial charge >= 0.3 is 0 Å². The van der Waals surface area contributed by atoms with Crippen LogP contribution in [0.3, 0.4) is 0 Å². The first kappa shape index (κ1) is 15.1. The summed E-state index contributed by atoms with van der Waals surface area (Å²) in [4.78, 5) is 12.7. The van der Waals surface area contributed by atoms with Crippen LogP contribution in [0, 0.1) is 6.92 Å². The summed E-state index contributed by atoms with van der Waals surface area (Å²) < 4.78 is 5.27. The highest BCUT2D eigenvalue weighted by atomic mass is 16.3. The Balaban J connectivity index is 2.11. The molecule has 0 N–H and O–H groups in total. The van der Waals surface area contributed by atoms with Gasteiger partial charge in [-0.15, -0.1) is 0 Å². The summed E-state index contributed by atoms with van der Waals surface area (Å²) in [5.41, 5.74) is 4.41. The number of rotatable bonds is 2. The highest BCUT2D eigenvalue weighted by Crippen LogP contribution is 2.46. The Morgan fingerprint density at radius 1 is 1.00 bits per heavy atom. The van der Waals surface area contributed by atoms with Crippen LogP contribution in [0.25, 0.3) is 0 Å². The van der Waals surface area contributed by atoms with E-state index in [0.717, 1.165) is 12.0 Å². The first-order chi connectivity index (χ1) is 10.2. The zero-order valence-electron chi connectivity index (χ0n) is 14.1. The van der Waals surface area contributed by atoms with Crippen LogP contribution in [0.4, 0.5) is 0 Å². The number of hydrogen-bond donors (Lipinski definition) is 0. The second-order valence-corrected chi connectivity index (χ2v) is 7.75. The van der Waals surface area contributed by atoms with E-state index < -0.39 is 0 Å². The van der Waals surface area contributed by atoms with E-state index in [0.29, 0.717) is 11.3 Å². The van der Waals surface area contributed by atoms with Crippen LogP contribution in [0.5, 0.6) is 0 Å². The fourth-order valence-electron chi connectivity index (χ4n) is 3.51. The fraction of sp³-hybridized carbons (Fsp3) is 0.450. The van der Waals surface area contributed by atoms with Gasteiger partial charge in [0.1, 0.15) is 5.76 Å². The minimum Gasteiger partial charge on any atom is -0.469 e. The van der Waals surface area contributed by atoms with Crippen LogP contribution in [-0.2, 0) is 10.8 Å². The number of aryl methyl sites for hydroxylation is 1. The Morgan fingerprint density at radius 2 is 1.64 bits per heavy atom. The Kier molecular flexibility index (Phi) is 3.32. The van der Waals surface area contributed by atoms with E-state index in [1.165, 1.54) is 17.5 Å². The van der Waals surface area contributed by atoms with Crippen molar-refractivity contribution in [2.24, 2.45) is 0 Å². The van der Waals surface area contributed by atoms with Crippen molar-refractivity contribution in [3.05, 3.63) is 58.5 Å². The van der Waals surface area contributed by atoms with Crippen molar-refractivity contribution in [1.29, 1.82) is 0 Å². The quantitative estimate of drug-likeness (QED) is 0.716. The summed E-state index contributed by atoms with van der Waals surface area (Å²) in [6, 6.07) is 7.98. The Labute approximate surface area is 132 Å². The maximum atomic E-state index is 12.7. The summed E-state index contributed by atoms with van der Waals surface area (Å²) in [6.07, 6.45) is 3.91. The summed E-state index contributed by atoms with van der Waals surface area (Å²) in [5.74, 6) is 0.732. The van der Waals surface area contributed by atoms with E-state index in [4.69, 9.17) is 4.42 Å². The van der Waals surface area contributed by atoms with Crippen molar-refractivity contribution in [3.63, 3.8) is 0 Å². The number of benzene rings is 1. The standard InChI is InChI=1S/C20H24O2/c1-13-15(8-11-22-13)18(21)14-6-7-16-17(12-14)20(4,5)10-9-19(16,2)3/h6-8,11-12H,9-10H2,1-5H3. The Bertz CT molecular complexity index is 732. The molecule has 2 nitrogen and oxygen atoms in total. The topological polar surface area (TPSA) is 30.2 Å². The smallest absolute Gasteiger partial charge is 0.196 e.